The maximum Gasteiger partial charge on any atom is 0.159 e. The molecule has 1 aromatic heterocycles. The quantitative estimate of drug-likeness (QED) is 0.166. The van der Waals surface area contributed by atoms with Gasteiger partial charge in [-0.05, 0) is 126 Å². The fourth-order valence-corrected chi connectivity index (χ4v) is 11.5. The minimum absolute atomic E-state index is 0.492. The first-order chi connectivity index (χ1) is 33.2. The van der Waals surface area contributed by atoms with Crippen molar-refractivity contribution in [3.05, 3.63) is 271 Å². The van der Waals surface area contributed by atoms with Gasteiger partial charge in [0.25, 0.3) is 0 Å². The van der Waals surface area contributed by atoms with Crippen LogP contribution >= 0.6 is 0 Å². The summed E-state index contributed by atoms with van der Waals surface area (Å²) in [4.78, 5) is 2.44. The monoisotopic (exact) mass is 851 g/mol. The second-order valence-electron chi connectivity index (χ2n) is 17.9. The maximum absolute atomic E-state index is 7.27. The molecular weight excluding hydrogens is 811 g/mol. The van der Waals surface area contributed by atoms with Crippen molar-refractivity contribution in [2.45, 2.75) is 5.41 Å². The van der Waals surface area contributed by atoms with Gasteiger partial charge in [-0.3, -0.25) is 0 Å². The summed E-state index contributed by atoms with van der Waals surface area (Å²) in [6.07, 6.45) is 0. The molecule has 11 aromatic carbocycles. The van der Waals surface area contributed by atoms with Crippen LogP contribution in [-0.2, 0) is 5.41 Å². The molecule has 0 fully saturated rings. The molecule has 0 amide bonds. The van der Waals surface area contributed by atoms with Crippen LogP contribution in [0.5, 0.6) is 0 Å². The van der Waals surface area contributed by atoms with Gasteiger partial charge in [0.15, 0.2) is 5.58 Å². The highest BCUT2D eigenvalue weighted by Crippen LogP contribution is 2.63. The number of hydrogen-bond acceptors (Lipinski definition) is 2. The Kier molecular flexibility index (Phi) is 8.23. The number of hydrogen-bond donors (Lipinski definition) is 0. The third-order valence-electron chi connectivity index (χ3n) is 14.5. The average Bonchev–Trinajstić information content (AvgIpc) is 4.04. The summed E-state index contributed by atoms with van der Waals surface area (Å²) in [6.45, 7) is 0. The Morgan fingerprint density at radius 2 is 0.761 bits per heavy atom. The lowest BCUT2D eigenvalue weighted by Crippen LogP contribution is -2.26. The van der Waals surface area contributed by atoms with Gasteiger partial charge in [-0.15, -0.1) is 0 Å². The Balaban J connectivity index is 1.05. The van der Waals surface area contributed by atoms with Crippen LogP contribution in [-0.4, -0.2) is 0 Å². The highest BCUT2D eigenvalue weighted by Gasteiger charge is 2.51. The van der Waals surface area contributed by atoms with Crippen LogP contribution in [0.2, 0.25) is 0 Å². The molecule has 0 saturated carbocycles. The van der Waals surface area contributed by atoms with Crippen molar-refractivity contribution in [1.82, 2.24) is 0 Å². The van der Waals surface area contributed by atoms with Crippen LogP contribution < -0.4 is 4.90 Å². The molecule has 12 aromatic rings. The van der Waals surface area contributed by atoms with Gasteiger partial charge in [0, 0.05) is 27.5 Å². The van der Waals surface area contributed by atoms with Crippen molar-refractivity contribution in [2.75, 3.05) is 4.90 Å². The minimum atomic E-state index is -0.492. The zero-order valence-electron chi connectivity index (χ0n) is 36.5. The van der Waals surface area contributed by atoms with Gasteiger partial charge in [0.1, 0.15) is 5.58 Å². The van der Waals surface area contributed by atoms with E-state index in [-0.39, 0.29) is 0 Å². The second kappa shape index (κ2) is 14.7. The van der Waals surface area contributed by atoms with Gasteiger partial charge >= 0.3 is 0 Å². The number of benzene rings is 11. The maximum atomic E-state index is 7.27. The molecule has 1 spiro atoms. The summed E-state index contributed by atoms with van der Waals surface area (Å²) in [5.74, 6) is 0. The van der Waals surface area contributed by atoms with Gasteiger partial charge < -0.3 is 9.32 Å². The lowest BCUT2D eigenvalue weighted by molar-refractivity contribution is 0.673. The number of rotatable bonds is 6. The standard InChI is InChI=1S/C65H41NO/c1-3-15-42(16-4-1)44-27-29-46(30-28-44)48-39-57-56-37-33-47-19-7-8-20-51(47)63(56)67-64(57)62(40-48)66(49-34-31-45(32-35-49)43-17-5-2-6-18-43)50-36-38-55-54-23-11-14-26-60(54)65(61(55)41-50)58-24-12-9-21-52(58)53-22-10-13-25-59(53)65/h1-41H. The van der Waals surface area contributed by atoms with Crippen molar-refractivity contribution >= 4 is 49.8 Å². The summed E-state index contributed by atoms with van der Waals surface area (Å²) in [6, 6.07) is 91.2. The van der Waals surface area contributed by atoms with Crippen molar-refractivity contribution in [1.29, 1.82) is 0 Å². The molecule has 0 saturated heterocycles. The molecule has 67 heavy (non-hydrogen) atoms. The smallest absolute Gasteiger partial charge is 0.159 e. The number of furan rings is 1. The Bertz CT molecular complexity index is 3840. The van der Waals surface area contributed by atoms with E-state index in [1.165, 1.54) is 66.8 Å². The lowest BCUT2D eigenvalue weighted by Gasteiger charge is -2.32. The van der Waals surface area contributed by atoms with Crippen molar-refractivity contribution < 1.29 is 4.42 Å². The Morgan fingerprint density at radius 3 is 1.37 bits per heavy atom. The molecule has 2 aliphatic rings. The largest absolute Gasteiger partial charge is 0.453 e. The topological polar surface area (TPSA) is 16.4 Å². The molecule has 14 rings (SSSR count). The van der Waals surface area contributed by atoms with Crippen molar-refractivity contribution in [3.8, 4) is 55.6 Å². The zero-order valence-corrected chi connectivity index (χ0v) is 36.5. The highest BCUT2D eigenvalue weighted by molar-refractivity contribution is 6.18. The second-order valence-corrected chi connectivity index (χ2v) is 17.9. The molecule has 2 heteroatoms. The van der Waals surface area contributed by atoms with Crippen LogP contribution in [0.15, 0.2) is 253 Å². The van der Waals surface area contributed by atoms with Crippen LogP contribution in [0, 0.1) is 0 Å². The average molecular weight is 852 g/mol. The molecule has 0 atom stereocenters. The molecule has 0 radical (unpaired) electrons. The molecular formula is C65H41NO. The number of fused-ring (bicyclic) bond motifs is 15. The van der Waals surface area contributed by atoms with Crippen LogP contribution in [0.4, 0.5) is 17.1 Å². The summed E-state index contributed by atoms with van der Waals surface area (Å²) >= 11 is 0. The predicted molar refractivity (Wildman–Crippen MR) is 279 cm³/mol. The third kappa shape index (κ3) is 5.57. The van der Waals surface area contributed by atoms with Crippen LogP contribution in [0.1, 0.15) is 22.3 Å². The van der Waals surface area contributed by atoms with Gasteiger partial charge in [-0.1, -0.05) is 206 Å². The molecule has 0 aliphatic heterocycles. The van der Waals surface area contributed by atoms with E-state index in [0.29, 0.717) is 0 Å². The van der Waals surface area contributed by atoms with Gasteiger partial charge in [0.05, 0.1) is 11.1 Å². The molecule has 2 nitrogen and oxygen atoms in total. The predicted octanol–water partition coefficient (Wildman–Crippen LogP) is 17.6. The van der Waals surface area contributed by atoms with Gasteiger partial charge in [-0.2, -0.15) is 0 Å². The summed E-state index contributed by atoms with van der Waals surface area (Å²) < 4.78 is 7.27. The molecule has 0 unspecified atom stereocenters. The van der Waals surface area contributed by atoms with E-state index >= 15 is 0 Å². The molecule has 0 N–H and O–H groups in total. The fraction of sp³-hybridized carbons (Fsp3) is 0.0154. The number of nitrogens with zero attached hydrogens (tertiary/aromatic N) is 1. The summed E-state index contributed by atoms with van der Waals surface area (Å²) in [5.41, 5.74) is 21.7. The van der Waals surface area contributed by atoms with Gasteiger partial charge in [0.2, 0.25) is 0 Å². The Morgan fingerprint density at radius 1 is 0.284 bits per heavy atom. The van der Waals surface area contributed by atoms with Crippen LogP contribution in [0.25, 0.3) is 88.3 Å². The Hall–Kier alpha value is -8.72. The van der Waals surface area contributed by atoms with Crippen molar-refractivity contribution in [3.63, 3.8) is 0 Å². The van der Waals surface area contributed by atoms with E-state index in [2.05, 4.69) is 254 Å². The van der Waals surface area contributed by atoms with Crippen molar-refractivity contribution in [2.24, 2.45) is 0 Å². The first-order valence-corrected chi connectivity index (χ1v) is 23.2. The first kappa shape index (κ1) is 37.6. The van der Waals surface area contributed by atoms with E-state index in [4.69, 9.17) is 4.42 Å². The molecule has 1 heterocycles. The van der Waals surface area contributed by atoms with Crippen LogP contribution in [0.3, 0.4) is 0 Å². The summed E-state index contributed by atoms with van der Waals surface area (Å²) in [5, 5.41) is 4.43. The van der Waals surface area contributed by atoms with E-state index < -0.39 is 5.41 Å². The Labute approximate surface area is 389 Å². The zero-order chi connectivity index (χ0) is 44.1. The molecule has 0 bridgehead atoms. The lowest BCUT2D eigenvalue weighted by atomic mass is 9.70. The van der Waals surface area contributed by atoms with E-state index in [1.54, 1.807) is 0 Å². The first-order valence-electron chi connectivity index (χ1n) is 23.2. The minimum Gasteiger partial charge on any atom is -0.453 e. The molecule has 2 aliphatic carbocycles. The summed E-state index contributed by atoms with van der Waals surface area (Å²) in [7, 11) is 0. The van der Waals surface area contributed by atoms with E-state index in [9.17, 15) is 0 Å². The molecule has 312 valence electrons. The van der Waals surface area contributed by atoms with Gasteiger partial charge in [-0.25, -0.2) is 0 Å². The SMILES string of the molecule is c1ccc(-c2ccc(-c3cc(N(c4ccc(-c5ccccc5)cc4)c4ccc5c(c4)C4(c6ccccc6-c6ccccc64)c4ccccc4-5)c4oc5c6ccccc6ccc5c4c3)cc2)cc1. The third-order valence-corrected chi connectivity index (χ3v) is 14.5. The van der Waals surface area contributed by atoms with E-state index in [1.807, 2.05) is 0 Å². The highest BCUT2D eigenvalue weighted by atomic mass is 16.3. The van der Waals surface area contributed by atoms with E-state index in [0.717, 1.165) is 60.9 Å². The normalized spacial score (nSPS) is 12.9. The fourth-order valence-electron chi connectivity index (χ4n) is 11.5. The number of anilines is 3.